The van der Waals surface area contributed by atoms with Gasteiger partial charge in [0.25, 0.3) is 15.9 Å². The van der Waals surface area contributed by atoms with Crippen LogP contribution in [0.5, 0.6) is 11.5 Å². The second kappa shape index (κ2) is 10.1. The summed E-state index contributed by atoms with van der Waals surface area (Å²) in [6.07, 6.45) is -0.816. The third kappa shape index (κ3) is 5.85. The largest absolute Gasteiger partial charge is 0.493 e. The number of carbonyl (C=O) groups is 1. The molecule has 0 aromatic heterocycles. The van der Waals surface area contributed by atoms with Crippen LogP contribution in [0.2, 0.25) is 10.0 Å². The highest BCUT2D eigenvalue weighted by Gasteiger charge is 2.19. The molecule has 168 valence electrons. The number of sulfonamides is 1. The van der Waals surface area contributed by atoms with Crippen molar-refractivity contribution in [2.24, 2.45) is 0 Å². The molecule has 0 saturated heterocycles. The number of rotatable bonds is 8. The van der Waals surface area contributed by atoms with Gasteiger partial charge in [0.15, 0.2) is 17.6 Å². The van der Waals surface area contributed by atoms with E-state index in [1.807, 2.05) is 0 Å². The number of amides is 1. The predicted molar refractivity (Wildman–Crippen MR) is 125 cm³/mol. The molecule has 3 aromatic rings. The molecule has 3 aromatic carbocycles. The Morgan fingerprint density at radius 3 is 2.25 bits per heavy atom. The third-order valence-corrected chi connectivity index (χ3v) is 6.28. The van der Waals surface area contributed by atoms with E-state index >= 15 is 0 Å². The molecule has 3 rings (SSSR count). The quantitative estimate of drug-likeness (QED) is 0.448. The zero-order valence-corrected chi connectivity index (χ0v) is 19.5. The monoisotopic (exact) mass is 494 g/mol. The first-order valence-electron chi connectivity index (χ1n) is 9.38. The van der Waals surface area contributed by atoms with E-state index in [9.17, 15) is 13.2 Å². The molecule has 0 unspecified atom stereocenters. The standard InChI is InChI=1S/C22H20Cl2N2O5S/c1-14(31-21-6-4-3-5-20(21)30-2)22(27)25-16-8-10-17(11-9-16)32(28,29)26-19-12-7-15(23)13-18(19)24/h3-14,26H,1-2H3,(H,25,27)/t14-/m1/s1. The highest BCUT2D eigenvalue weighted by Crippen LogP contribution is 2.29. The fourth-order valence-electron chi connectivity index (χ4n) is 2.70. The number of anilines is 2. The second-order valence-corrected chi connectivity index (χ2v) is 9.18. The van der Waals surface area contributed by atoms with Crippen LogP contribution in [0.1, 0.15) is 6.92 Å². The van der Waals surface area contributed by atoms with E-state index < -0.39 is 22.0 Å². The second-order valence-electron chi connectivity index (χ2n) is 6.65. The van der Waals surface area contributed by atoms with Gasteiger partial charge in [-0.25, -0.2) is 8.42 Å². The maximum absolute atomic E-state index is 12.6. The number of hydrogen-bond donors (Lipinski definition) is 2. The van der Waals surface area contributed by atoms with Crippen molar-refractivity contribution >= 4 is 50.5 Å². The highest BCUT2D eigenvalue weighted by molar-refractivity contribution is 7.92. The summed E-state index contributed by atoms with van der Waals surface area (Å²) in [4.78, 5) is 12.5. The molecule has 7 nitrogen and oxygen atoms in total. The summed E-state index contributed by atoms with van der Waals surface area (Å²) in [6, 6.07) is 17.1. The summed E-state index contributed by atoms with van der Waals surface area (Å²) in [5.41, 5.74) is 0.615. The van der Waals surface area contributed by atoms with Crippen LogP contribution < -0.4 is 19.5 Å². The van der Waals surface area contributed by atoms with Crippen LogP contribution in [0.25, 0.3) is 0 Å². The van der Waals surface area contributed by atoms with Gasteiger partial charge in [-0.15, -0.1) is 0 Å². The lowest BCUT2D eigenvalue weighted by molar-refractivity contribution is -0.122. The van der Waals surface area contributed by atoms with E-state index in [4.69, 9.17) is 32.7 Å². The van der Waals surface area contributed by atoms with Crippen molar-refractivity contribution in [2.75, 3.05) is 17.1 Å². The Morgan fingerprint density at radius 2 is 1.62 bits per heavy atom. The smallest absolute Gasteiger partial charge is 0.265 e. The predicted octanol–water partition coefficient (Wildman–Crippen LogP) is 5.21. The van der Waals surface area contributed by atoms with Crippen LogP contribution >= 0.6 is 23.2 Å². The van der Waals surface area contributed by atoms with Crippen molar-refractivity contribution in [1.82, 2.24) is 0 Å². The van der Waals surface area contributed by atoms with Crippen molar-refractivity contribution in [3.8, 4) is 11.5 Å². The fraction of sp³-hybridized carbons (Fsp3) is 0.136. The summed E-state index contributed by atoms with van der Waals surface area (Å²) in [5.74, 6) is 0.540. The van der Waals surface area contributed by atoms with Gasteiger partial charge in [0.05, 0.1) is 22.7 Å². The number of hydrogen-bond acceptors (Lipinski definition) is 5. The normalized spacial score (nSPS) is 12.0. The van der Waals surface area contributed by atoms with Gasteiger partial charge in [0, 0.05) is 10.7 Å². The van der Waals surface area contributed by atoms with Crippen molar-refractivity contribution in [1.29, 1.82) is 0 Å². The van der Waals surface area contributed by atoms with Crippen LogP contribution in [0, 0.1) is 0 Å². The minimum Gasteiger partial charge on any atom is -0.493 e. The van der Waals surface area contributed by atoms with Crippen molar-refractivity contribution in [3.63, 3.8) is 0 Å². The number of nitrogens with one attached hydrogen (secondary N) is 2. The summed E-state index contributed by atoms with van der Waals surface area (Å²) in [5, 5.41) is 3.25. The SMILES string of the molecule is COc1ccccc1O[C@H](C)C(=O)Nc1ccc(S(=O)(=O)Nc2ccc(Cl)cc2Cl)cc1. The number of carbonyl (C=O) groups excluding carboxylic acids is 1. The van der Waals surface area contributed by atoms with Gasteiger partial charge >= 0.3 is 0 Å². The Hall–Kier alpha value is -2.94. The zero-order chi connectivity index (χ0) is 23.3. The van der Waals surface area contributed by atoms with Crippen molar-refractivity contribution in [3.05, 3.63) is 76.8 Å². The number of ether oxygens (including phenoxy) is 2. The molecular formula is C22H20Cl2N2O5S. The Morgan fingerprint density at radius 1 is 0.969 bits per heavy atom. The van der Waals surface area contributed by atoms with Crippen LogP contribution in [0.4, 0.5) is 11.4 Å². The molecule has 0 aliphatic rings. The molecule has 0 fully saturated rings. The Bertz CT molecular complexity index is 1220. The number of para-hydroxylation sites is 2. The Kier molecular flexibility index (Phi) is 7.50. The summed E-state index contributed by atoms with van der Waals surface area (Å²) < 4.78 is 38.5. The number of benzene rings is 3. The van der Waals surface area contributed by atoms with Gasteiger partial charge in [-0.3, -0.25) is 9.52 Å². The topological polar surface area (TPSA) is 93.7 Å². The molecule has 0 aliphatic carbocycles. The Balaban J connectivity index is 1.66. The van der Waals surface area contributed by atoms with E-state index in [0.29, 0.717) is 22.2 Å². The number of methoxy groups -OCH3 is 1. The zero-order valence-electron chi connectivity index (χ0n) is 17.1. The molecule has 0 bridgehead atoms. The lowest BCUT2D eigenvalue weighted by Crippen LogP contribution is -2.30. The summed E-state index contributed by atoms with van der Waals surface area (Å²) >= 11 is 11.9. The van der Waals surface area contributed by atoms with E-state index in [1.54, 1.807) is 31.2 Å². The van der Waals surface area contributed by atoms with Crippen LogP contribution in [-0.4, -0.2) is 27.5 Å². The van der Waals surface area contributed by atoms with Gasteiger partial charge in [-0.2, -0.15) is 0 Å². The third-order valence-electron chi connectivity index (χ3n) is 4.35. The first-order valence-corrected chi connectivity index (χ1v) is 11.6. The van der Waals surface area contributed by atoms with Crippen LogP contribution in [-0.2, 0) is 14.8 Å². The molecule has 0 saturated carbocycles. The molecule has 0 radical (unpaired) electrons. The fourth-order valence-corrected chi connectivity index (χ4v) is 4.29. The molecule has 2 N–H and O–H groups in total. The summed E-state index contributed by atoms with van der Waals surface area (Å²) in [7, 11) is -2.38. The van der Waals surface area contributed by atoms with Crippen LogP contribution in [0.15, 0.2) is 71.6 Å². The maximum Gasteiger partial charge on any atom is 0.265 e. The first-order chi connectivity index (χ1) is 15.2. The minimum atomic E-state index is -3.89. The van der Waals surface area contributed by atoms with E-state index in [1.165, 1.54) is 49.6 Å². The van der Waals surface area contributed by atoms with Gasteiger partial charge in [-0.1, -0.05) is 35.3 Å². The lowest BCUT2D eigenvalue weighted by Gasteiger charge is -2.16. The van der Waals surface area contributed by atoms with E-state index in [0.717, 1.165) is 0 Å². The highest BCUT2D eigenvalue weighted by atomic mass is 35.5. The van der Waals surface area contributed by atoms with E-state index in [-0.39, 0.29) is 15.6 Å². The molecule has 0 heterocycles. The maximum atomic E-state index is 12.6. The van der Waals surface area contributed by atoms with Crippen molar-refractivity contribution < 1.29 is 22.7 Å². The van der Waals surface area contributed by atoms with Gasteiger partial charge in [0.2, 0.25) is 0 Å². The van der Waals surface area contributed by atoms with Gasteiger partial charge in [0.1, 0.15) is 0 Å². The minimum absolute atomic E-state index is 0.000152. The van der Waals surface area contributed by atoms with Gasteiger partial charge < -0.3 is 14.8 Å². The molecule has 0 aliphatic heterocycles. The molecule has 10 heteroatoms. The average Bonchev–Trinajstić information content (AvgIpc) is 2.76. The molecule has 1 atom stereocenters. The van der Waals surface area contributed by atoms with Gasteiger partial charge in [-0.05, 0) is 61.5 Å². The van der Waals surface area contributed by atoms with Crippen LogP contribution in [0.3, 0.4) is 0 Å². The average molecular weight is 495 g/mol. The number of halogens is 2. The molecule has 0 spiro atoms. The molecular weight excluding hydrogens is 475 g/mol. The molecule has 1 amide bonds. The first kappa shape index (κ1) is 23.7. The molecule has 32 heavy (non-hydrogen) atoms. The summed E-state index contributed by atoms with van der Waals surface area (Å²) in [6.45, 7) is 1.60. The lowest BCUT2D eigenvalue weighted by atomic mass is 10.3. The Labute approximate surface area is 196 Å². The van der Waals surface area contributed by atoms with Crippen molar-refractivity contribution in [2.45, 2.75) is 17.9 Å². The van der Waals surface area contributed by atoms with E-state index in [2.05, 4.69) is 10.0 Å².